The van der Waals surface area contributed by atoms with Crippen LogP contribution < -0.4 is 5.32 Å². The first-order chi connectivity index (χ1) is 6.61. The standard InChI is InChI=1S/C12H17NS/c1-9(2)12(13-10(3)14)11-7-5-4-6-8-11/h4-9,12H,1-3H3,(H,13,14)/t12-/m0/s1. The minimum absolute atomic E-state index is 0.327. The summed E-state index contributed by atoms with van der Waals surface area (Å²) < 4.78 is 0. The molecule has 0 radical (unpaired) electrons. The number of benzene rings is 1. The molecule has 0 amide bonds. The van der Waals surface area contributed by atoms with Crippen LogP contribution in [0.2, 0.25) is 0 Å². The highest BCUT2D eigenvalue weighted by atomic mass is 32.1. The van der Waals surface area contributed by atoms with Gasteiger partial charge >= 0.3 is 0 Å². The Bertz CT molecular complexity index is 292. The maximum atomic E-state index is 5.08. The fourth-order valence-electron chi connectivity index (χ4n) is 1.51. The predicted molar refractivity (Wildman–Crippen MR) is 65.4 cm³/mol. The van der Waals surface area contributed by atoms with Gasteiger partial charge in [-0.25, -0.2) is 0 Å². The highest BCUT2D eigenvalue weighted by molar-refractivity contribution is 7.80. The maximum absolute atomic E-state index is 5.08. The maximum Gasteiger partial charge on any atom is 0.0726 e. The van der Waals surface area contributed by atoms with Gasteiger partial charge in [-0.1, -0.05) is 56.4 Å². The van der Waals surface area contributed by atoms with Crippen molar-refractivity contribution in [2.75, 3.05) is 0 Å². The van der Waals surface area contributed by atoms with E-state index in [9.17, 15) is 0 Å². The summed E-state index contributed by atoms with van der Waals surface area (Å²) in [5.74, 6) is 0.537. The molecular weight excluding hydrogens is 190 g/mol. The highest BCUT2D eigenvalue weighted by Gasteiger charge is 2.14. The summed E-state index contributed by atoms with van der Waals surface area (Å²) in [5, 5.41) is 3.33. The second-order valence-corrected chi connectivity index (χ2v) is 4.45. The Morgan fingerprint density at radius 3 is 2.21 bits per heavy atom. The number of hydrogen-bond donors (Lipinski definition) is 1. The Morgan fingerprint density at radius 1 is 1.21 bits per heavy atom. The predicted octanol–water partition coefficient (Wildman–Crippen LogP) is 3.32. The molecule has 0 spiro atoms. The average Bonchev–Trinajstić information content (AvgIpc) is 2.15. The van der Waals surface area contributed by atoms with Crippen LogP contribution in [-0.2, 0) is 0 Å². The van der Waals surface area contributed by atoms with Gasteiger partial charge in [-0.3, -0.25) is 0 Å². The van der Waals surface area contributed by atoms with E-state index in [4.69, 9.17) is 12.2 Å². The largest absolute Gasteiger partial charge is 0.373 e. The van der Waals surface area contributed by atoms with Gasteiger partial charge in [0, 0.05) is 0 Å². The molecular formula is C12H17NS. The van der Waals surface area contributed by atoms with E-state index in [1.165, 1.54) is 5.56 Å². The van der Waals surface area contributed by atoms with Gasteiger partial charge in [0.05, 0.1) is 11.0 Å². The Balaban J connectivity index is 2.83. The molecule has 0 saturated heterocycles. The van der Waals surface area contributed by atoms with Crippen LogP contribution in [0.15, 0.2) is 30.3 Å². The molecule has 2 heteroatoms. The topological polar surface area (TPSA) is 12.0 Å². The SMILES string of the molecule is CC(=S)N[C@H](c1ccccc1)C(C)C. The smallest absolute Gasteiger partial charge is 0.0726 e. The fraction of sp³-hybridized carbons (Fsp3) is 0.417. The van der Waals surface area contributed by atoms with Gasteiger partial charge in [0.25, 0.3) is 0 Å². The molecule has 0 aliphatic heterocycles. The Morgan fingerprint density at radius 2 is 1.79 bits per heavy atom. The molecule has 1 N–H and O–H groups in total. The lowest BCUT2D eigenvalue weighted by Crippen LogP contribution is -2.28. The van der Waals surface area contributed by atoms with Crippen LogP contribution in [0.1, 0.15) is 32.4 Å². The molecule has 1 aromatic carbocycles. The summed E-state index contributed by atoms with van der Waals surface area (Å²) in [6, 6.07) is 10.8. The molecule has 1 nitrogen and oxygen atoms in total. The number of nitrogens with one attached hydrogen (secondary N) is 1. The zero-order valence-electron chi connectivity index (χ0n) is 8.95. The lowest BCUT2D eigenvalue weighted by Gasteiger charge is -2.23. The molecule has 1 rings (SSSR count). The van der Waals surface area contributed by atoms with Crippen LogP contribution in [0.25, 0.3) is 0 Å². The summed E-state index contributed by atoms with van der Waals surface area (Å²) in [7, 11) is 0. The van der Waals surface area contributed by atoms with Crippen molar-refractivity contribution < 1.29 is 0 Å². The molecule has 0 aromatic heterocycles. The summed E-state index contributed by atoms with van der Waals surface area (Å²) in [6.45, 7) is 6.32. The summed E-state index contributed by atoms with van der Waals surface area (Å²) in [6.07, 6.45) is 0. The Kier molecular flexibility index (Phi) is 4.08. The minimum Gasteiger partial charge on any atom is -0.373 e. The van der Waals surface area contributed by atoms with Gasteiger partial charge in [0.2, 0.25) is 0 Å². The zero-order chi connectivity index (χ0) is 10.6. The monoisotopic (exact) mass is 207 g/mol. The van der Waals surface area contributed by atoms with Gasteiger partial charge in [-0.15, -0.1) is 0 Å². The number of hydrogen-bond acceptors (Lipinski definition) is 1. The van der Waals surface area contributed by atoms with Gasteiger partial charge in [-0.05, 0) is 18.4 Å². The van der Waals surface area contributed by atoms with E-state index in [2.05, 4.69) is 43.4 Å². The molecule has 0 saturated carbocycles. The second kappa shape index (κ2) is 5.11. The van der Waals surface area contributed by atoms with E-state index in [0.717, 1.165) is 4.99 Å². The minimum atomic E-state index is 0.327. The van der Waals surface area contributed by atoms with Crippen LogP contribution in [0.4, 0.5) is 0 Å². The van der Waals surface area contributed by atoms with Gasteiger partial charge in [0.15, 0.2) is 0 Å². The molecule has 0 aliphatic rings. The molecule has 0 aliphatic carbocycles. The Hall–Kier alpha value is -0.890. The molecule has 76 valence electrons. The molecule has 0 heterocycles. The number of thiocarbonyl (C=S) groups is 1. The summed E-state index contributed by atoms with van der Waals surface area (Å²) in [4.78, 5) is 0.854. The lowest BCUT2D eigenvalue weighted by molar-refractivity contribution is 0.473. The normalized spacial score (nSPS) is 12.6. The Labute approximate surface area is 91.5 Å². The number of rotatable bonds is 3. The van der Waals surface area contributed by atoms with Crippen molar-refractivity contribution in [1.82, 2.24) is 5.32 Å². The van der Waals surface area contributed by atoms with Gasteiger partial charge in [-0.2, -0.15) is 0 Å². The average molecular weight is 207 g/mol. The van der Waals surface area contributed by atoms with Crippen LogP contribution >= 0.6 is 12.2 Å². The summed E-state index contributed by atoms with van der Waals surface area (Å²) >= 11 is 5.08. The molecule has 0 bridgehead atoms. The highest BCUT2D eigenvalue weighted by Crippen LogP contribution is 2.20. The van der Waals surface area contributed by atoms with Crippen molar-refractivity contribution in [2.45, 2.75) is 26.8 Å². The third kappa shape index (κ3) is 3.11. The first kappa shape index (κ1) is 11.2. The van der Waals surface area contributed by atoms with Gasteiger partial charge < -0.3 is 5.32 Å². The molecule has 1 atom stereocenters. The van der Waals surface area contributed by atoms with E-state index in [1.807, 2.05) is 13.0 Å². The van der Waals surface area contributed by atoms with Crippen molar-refractivity contribution in [2.24, 2.45) is 5.92 Å². The van der Waals surface area contributed by atoms with Crippen molar-refractivity contribution in [3.8, 4) is 0 Å². The van der Waals surface area contributed by atoms with Crippen molar-refractivity contribution in [1.29, 1.82) is 0 Å². The molecule has 0 unspecified atom stereocenters. The third-order valence-electron chi connectivity index (χ3n) is 2.18. The van der Waals surface area contributed by atoms with Crippen molar-refractivity contribution in [3.63, 3.8) is 0 Å². The van der Waals surface area contributed by atoms with E-state index in [1.54, 1.807) is 0 Å². The molecule has 0 fully saturated rings. The second-order valence-electron chi connectivity index (χ2n) is 3.83. The molecule has 14 heavy (non-hydrogen) atoms. The van der Waals surface area contributed by atoms with Crippen LogP contribution in [-0.4, -0.2) is 4.99 Å². The first-order valence-electron chi connectivity index (χ1n) is 4.93. The molecule has 1 aromatic rings. The van der Waals surface area contributed by atoms with Crippen LogP contribution in [0.5, 0.6) is 0 Å². The zero-order valence-corrected chi connectivity index (χ0v) is 9.77. The van der Waals surface area contributed by atoms with Crippen molar-refractivity contribution in [3.05, 3.63) is 35.9 Å². The van der Waals surface area contributed by atoms with Crippen LogP contribution in [0.3, 0.4) is 0 Å². The van der Waals surface area contributed by atoms with Crippen molar-refractivity contribution >= 4 is 17.2 Å². The van der Waals surface area contributed by atoms with E-state index in [-0.39, 0.29) is 0 Å². The summed E-state index contributed by atoms with van der Waals surface area (Å²) in [5.41, 5.74) is 1.30. The van der Waals surface area contributed by atoms with E-state index >= 15 is 0 Å². The first-order valence-corrected chi connectivity index (χ1v) is 5.34. The lowest BCUT2D eigenvalue weighted by atomic mass is 9.96. The third-order valence-corrected chi connectivity index (χ3v) is 2.30. The fourth-order valence-corrected chi connectivity index (χ4v) is 1.64. The van der Waals surface area contributed by atoms with Gasteiger partial charge in [0.1, 0.15) is 0 Å². The van der Waals surface area contributed by atoms with E-state index < -0.39 is 0 Å². The van der Waals surface area contributed by atoms with E-state index in [0.29, 0.717) is 12.0 Å². The quantitative estimate of drug-likeness (QED) is 0.763. The van der Waals surface area contributed by atoms with Crippen LogP contribution in [0, 0.1) is 5.92 Å².